The standard InChI is InChI=1S/C17H20N4O2.ClH/c1-12-5-6-19-17(20-12)13-3-2-4-14(9-13)21-16(22)10-15-11-23-8-7-18-15;/h2-6,9,15,18H,7-8,10-11H2,1H3,(H,21,22);1H. The van der Waals surface area contributed by atoms with Crippen molar-refractivity contribution < 1.29 is 9.53 Å². The molecule has 0 bridgehead atoms. The minimum absolute atomic E-state index is 0. The first-order chi connectivity index (χ1) is 11.2. The molecule has 1 aliphatic heterocycles. The van der Waals surface area contributed by atoms with Crippen molar-refractivity contribution in [1.82, 2.24) is 15.3 Å². The van der Waals surface area contributed by atoms with Crippen molar-refractivity contribution in [2.24, 2.45) is 0 Å². The number of benzene rings is 1. The van der Waals surface area contributed by atoms with Crippen LogP contribution in [-0.2, 0) is 9.53 Å². The Labute approximate surface area is 147 Å². The highest BCUT2D eigenvalue weighted by Gasteiger charge is 2.17. The first-order valence-corrected chi connectivity index (χ1v) is 7.72. The van der Waals surface area contributed by atoms with E-state index in [-0.39, 0.29) is 24.4 Å². The summed E-state index contributed by atoms with van der Waals surface area (Å²) in [5.41, 5.74) is 2.53. The van der Waals surface area contributed by atoms with Crippen LogP contribution in [0.25, 0.3) is 11.4 Å². The summed E-state index contributed by atoms with van der Waals surface area (Å²) in [6.45, 7) is 4.00. The van der Waals surface area contributed by atoms with Gasteiger partial charge in [-0.05, 0) is 25.1 Å². The van der Waals surface area contributed by atoms with Crippen molar-refractivity contribution >= 4 is 24.0 Å². The van der Waals surface area contributed by atoms with Gasteiger partial charge in [0.05, 0.1) is 13.2 Å². The van der Waals surface area contributed by atoms with Crippen LogP contribution in [0, 0.1) is 6.92 Å². The molecule has 24 heavy (non-hydrogen) atoms. The highest BCUT2D eigenvalue weighted by atomic mass is 35.5. The normalized spacial score (nSPS) is 17.0. The van der Waals surface area contributed by atoms with E-state index in [1.165, 1.54) is 0 Å². The Bertz CT molecular complexity index is 690. The molecule has 0 aliphatic carbocycles. The average Bonchev–Trinajstić information content (AvgIpc) is 2.56. The number of nitrogens with one attached hydrogen (secondary N) is 2. The quantitative estimate of drug-likeness (QED) is 0.885. The Morgan fingerprint density at radius 3 is 3.04 bits per heavy atom. The highest BCUT2D eigenvalue weighted by Crippen LogP contribution is 2.19. The van der Waals surface area contributed by atoms with Gasteiger partial charge in [-0.25, -0.2) is 9.97 Å². The van der Waals surface area contributed by atoms with E-state index < -0.39 is 0 Å². The van der Waals surface area contributed by atoms with E-state index in [9.17, 15) is 4.79 Å². The largest absolute Gasteiger partial charge is 0.378 e. The second-order valence-electron chi connectivity index (χ2n) is 5.58. The van der Waals surface area contributed by atoms with Crippen molar-refractivity contribution in [2.75, 3.05) is 25.1 Å². The minimum Gasteiger partial charge on any atom is -0.378 e. The number of halogens is 1. The number of aromatic nitrogens is 2. The van der Waals surface area contributed by atoms with Gasteiger partial charge in [0.2, 0.25) is 5.91 Å². The third kappa shape index (κ3) is 4.99. The van der Waals surface area contributed by atoms with Gasteiger partial charge in [0.15, 0.2) is 5.82 Å². The third-order valence-electron chi connectivity index (χ3n) is 3.63. The van der Waals surface area contributed by atoms with E-state index in [1.54, 1.807) is 6.20 Å². The molecule has 0 spiro atoms. The monoisotopic (exact) mass is 348 g/mol. The van der Waals surface area contributed by atoms with Crippen molar-refractivity contribution in [3.8, 4) is 11.4 Å². The summed E-state index contributed by atoms with van der Waals surface area (Å²) in [6.07, 6.45) is 2.13. The van der Waals surface area contributed by atoms with Crippen LogP contribution in [0.5, 0.6) is 0 Å². The Hall–Kier alpha value is -2.02. The van der Waals surface area contributed by atoms with E-state index in [2.05, 4.69) is 20.6 Å². The molecule has 1 aromatic carbocycles. The number of amides is 1. The summed E-state index contributed by atoms with van der Waals surface area (Å²) in [6, 6.07) is 9.50. The molecule has 1 saturated heterocycles. The van der Waals surface area contributed by atoms with Crippen LogP contribution in [0.15, 0.2) is 36.5 Å². The van der Waals surface area contributed by atoms with Gasteiger partial charge in [0.1, 0.15) is 0 Å². The molecule has 2 N–H and O–H groups in total. The molecule has 7 heteroatoms. The first-order valence-electron chi connectivity index (χ1n) is 7.72. The predicted octanol–water partition coefficient (Wildman–Crippen LogP) is 2.19. The fraction of sp³-hybridized carbons (Fsp3) is 0.353. The van der Waals surface area contributed by atoms with E-state index >= 15 is 0 Å². The van der Waals surface area contributed by atoms with Gasteiger partial charge in [0, 0.05) is 42.1 Å². The number of rotatable bonds is 4. The Balaban J connectivity index is 0.00000208. The number of aryl methyl sites for hydroxylation is 1. The lowest BCUT2D eigenvalue weighted by molar-refractivity contribution is -0.117. The molecule has 1 aromatic heterocycles. The molecule has 0 radical (unpaired) electrons. The number of carbonyl (C=O) groups excluding carboxylic acids is 1. The first kappa shape index (κ1) is 18.3. The average molecular weight is 349 g/mol. The zero-order chi connectivity index (χ0) is 16.1. The molecule has 1 atom stereocenters. The third-order valence-corrected chi connectivity index (χ3v) is 3.63. The predicted molar refractivity (Wildman–Crippen MR) is 95.3 cm³/mol. The smallest absolute Gasteiger partial charge is 0.226 e. The molecule has 128 valence electrons. The molecule has 2 heterocycles. The number of hydrogen-bond donors (Lipinski definition) is 2. The van der Waals surface area contributed by atoms with E-state index in [0.29, 0.717) is 25.5 Å². The summed E-state index contributed by atoms with van der Waals surface area (Å²) in [7, 11) is 0. The second kappa shape index (κ2) is 8.73. The van der Waals surface area contributed by atoms with Crippen molar-refractivity contribution in [2.45, 2.75) is 19.4 Å². The maximum absolute atomic E-state index is 12.1. The van der Waals surface area contributed by atoms with Crippen molar-refractivity contribution in [3.63, 3.8) is 0 Å². The van der Waals surface area contributed by atoms with Crippen LogP contribution in [0.3, 0.4) is 0 Å². The Morgan fingerprint density at radius 1 is 1.42 bits per heavy atom. The number of anilines is 1. The van der Waals surface area contributed by atoms with Gasteiger partial charge in [0.25, 0.3) is 0 Å². The zero-order valence-electron chi connectivity index (χ0n) is 13.5. The molecule has 1 unspecified atom stereocenters. The van der Waals surface area contributed by atoms with Gasteiger partial charge in [-0.15, -0.1) is 12.4 Å². The highest BCUT2D eigenvalue weighted by molar-refractivity contribution is 5.91. The van der Waals surface area contributed by atoms with E-state index in [0.717, 1.165) is 23.5 Å². The Kier molecular flexibility index (Phi) is 6.66. The van der Waals surface area contributed by atoms with Crippen LogP contribution in [0.1, 0.15) is 12.1 Å². The molecule has 2 aromatic rings. The van der Waals surface area contributed by atoms with Gasteiger partial charge in [-0.3, -0.25) is 4.79 Å². The number of hydrogen-bond acceptors (Lipinski definition) is 5. The summed E-state index contributed by atoms with van der Waals surface area (Å²) < 4.78 is 5.36. The number of ether oxygens (including phenoxy) is 1. The molecular formula is C17H21ClN4O2. The number of nitrogens with zero attached hydrogens (tertiary/aromatic N) is 2. The van der Waals surface area contributed by atoms with Gasteiger partial charge in [-0.2, -0.15) is 0 Å². The van der Waals surface area contributed by atoms with Gasteiger partial charge >= 0.3 is 0 Å². The zero-order valence-corrected chi connectivity index (χ0v) is 14.3. The topological polar surface area (TPSA) is 76.1 Å². The maximum Gasteiger partial charge on any atom is 0.226 e. The molecule has 3 rings (SSSR count). The second-order valence-corrected chi connectivity index (χ2v) is 5.58. The van der Waals surface area contributed by atoms with E-state index in [1.807, 2.05) is 37.3 Å². The summed E-state index contributed by atoms with van der Waals surface area (Å²) in [4.78, 5) is 20.8. The van der Waals surface area contributed by atoms with Crippen molar-refractivity contribution in [3.05, 3.63) is 42.2 Å². The Morgan fingerprint density at radius 2 is 2.29 bits per heavy atom. The van der Waals surface area contributed by atoms with Gasteiger partial charge in [-0.1, -0.05) is 12.1 Å². The summed E-state index contributed by atoms with van der Waals surface area (Å²) in [5, 5.41) is 6.20. The van der Waals surface area contributed by atoms with Crippen molar-refractivity contribution in [1.29, 1.82) is 0 Å². The van der Waals surface area contributed by atoms with Crippen LogP contribution in [0.4, 0.5) is 5.69 Å². The lowest BCUT2D eigenvalue weighted by atomic mass is 10.1. The lowest BCUT2D eigenvalue weighted by Gasteiger charge is -2.23. The summed E-state index contributed by atoms with van der Waals surface area (Å²) >= 11 is 0. The van der Waals surface area contributed by atoms with Crippen LogP contribution in [0.2, 0.25) is 0 Å². The lowest BCUT2D eigenvalue weighted by Crippen LogP contribution is -2.43. The maximum atomic E-state index is 12.1. The van der Waals surface area contributed by atoms with Crippen LogP contribution in [-0.4, -0.2) is 41.7 Å². The minimum atomic E-state index is -0.0321. The number of carbonyl (C=O) groups is 1. The molecule has 1 amide bonds. The SMILES string of the molecule is Cc1ccnc(-c2cccc(NC(=O)CC3COCCN3)c2)n1.Cl. The van der Waals surface area contributed by atoms with E-state index in [4.69, 9.17) is 4.74 Å². The molecular weight excluding hydrogens is 328 g/mol. The molecule has 1 fully saturated rings. The molecule has 6 nitrogen and oxygen atoms in total. The fourth-order valence-corrected chi connectivity index (χ4v) is 2.51. The molecule has 1 aliphatic rings. The number of morpholine rings is 1. The van der Waals surface area contributed by atoms with Gasteiger partial charge < -0.3 is 15.4 Å². The van der Waals surface area contributed by atoms with Crippen LogP contribution >= 0.6 is 12.4 Å². The fourth-order valence-electron chi connectivity index (χ4n) is 2.51. The molecule has 0 saturated carbocycles. The summed E-state index contributed by atoms with van der Waals surface area (Å²) in [5.74, 6) is 0.624. The van der Waals surface area contributed by atoms with Crippen LogP contribution < -0.4 is 10.6 Å².